The van der Waals surface area contributed by atoms with E-state index in [1.54, 1.807) is 0 Å². The quantitative estimate of drug-likeness (QED) is 0.773. The van der Waals surface area contributed by atoms with Crippen molar-refractivity contribution in [1.29, 1.82) is 0 Å². The van der Waals surface area contributed by atoms with E-state index in [4.69, 9.17) is 0 Å². The Morgan fingerprint density at radius 3 is 2.42 bits per heavy atom. The van der Waals surface area contributed by atoms with Crippen LogP contribution in [0.5, 0.6) is 0 Å². The minimum Gasteiger partial charge on any atom is -0.254 e. The topological polar surface area (TPSA) is 24.1 Å². The summed E-state index contributed by atoms with van der Waals surface area (Å²) in [7, 11) is 0. The second-order valence-corrected chi connectivity index (χ2v) is 5.08. The highest BCUT2D eigenvalue weighted by atomic mass is 15.4. The summed E-state index contributed by atoms with van der Waals surface area (Å²) >= 11 is 0. The van der Waals surface area contributed by atoms with Gasteiger partial charge >= 0.3 is 0 Å². The van der Waals surface area contributed by atoms with Crippen LogP contribution in [0.4, 0.5) is 0 Å². The van der Waals surface area contributed by atoms with Gasteiger partial charge in [-0.2, -0.15) is 0 Å². The Morgan fingerprint density at radius 2 is 1.68 bits per heavy atom. The van der Waals surface area contributed by atoms with Gasteiger partial charge in [-0.15, -0.1) is 0 Å². The smallest absolute Gasteiger partial charge is 0.0351 e. The largest absolute Gasteiger partial charge is 0.254 e. The zero-order chi connectivity index (χ0) is 13.5. The number of nitrogens with one attached hydrogen (secondary N) is 2. The Kier molecular flexibility index (Phi) is 5.13. The molecule has 0 saturated heterocycles. The van der Waals surface area contributed by atoms with Gasteiger partial charge in [-0.3, -0.25) is 10.9 Å². The highest BCUT2D eigenvalue weighted by molar-refractivity contribution is 5.22. The minimum atomic E-state index is 0.409. The van der Waals surface area contributed by atoms with E-state index in [9.17, 15) is 0 Å². The summed E-state index contributed by atoms with van der Waals surface area (Å²) in [5, 5.41) is 0. The Balaban J connectivity index is 1.73. The summed E-state index contributed by atoms with van der Waals surface area (Å²) in [5.74, 6) is 0. The van der Waals surface area contributed by atoms with E-state index in [2.05, 4.69) is 79.3 Å². The van der Waals surface area contributed by atoms with Gasteiger partial charge in [-0.25, -0.2) is 0 Å². The number of aryl methyl sites for hydroxylation is 1. The van der Waals surface area contributed by atoms with Crippen LogP contribution >= 0.6 is 0 Å². The molecule has 0 radical (unpaired) electrons. The molecule has 2 heteroatoms. The Morgan fingerprint density at radius 1 is 0.947 bits per heavy atom. The summed E-state index contributed by atoms with van der Waals surface area (Å²) in [4.78, 5) is 0. The second kappa shape index (κ2) is 7.07. The number of hydrazine groups is 1. The van der Waals surface area contributed by atoms with Crippen molar-refractivity contribution in [2.75, 3.05) is 0 Å². The monoisotopic (exact) mass is 254 g/mol. The van der Waals surface area contributed by atoms with Crippen LogP contribution in [0.25, 0.3) is 0 Å². The van der Waals surface area contributed by atoms with Gasteiger partial charge in [-0.05, 0) is 31.4 Å². The van der Waals surface area contributed by atoms with Crippen LogP contribution in [-0.4, -0.2) is 6.04 Å². The molecule has 0 spiro atoms. The summed E-state index contributed by atoms with van der Waals surface area (Å²) in [6.45, 7) is 5.16. The Hall–Kier alpha value is -1.64. The predicted molar refractivity (Wildman–Crippen MR) is 80.8 cm³/mol. The van der Waals surface area contributed by atoms with Crippen LogP contribution in [0, 0.1) is 6.92 Å². The minimum absolute atomic E-state index is 0.409. The van der Waals surface area contributed by atoms with Crippen LogP contribution in [0.2, 0.25) is 0 Å². The van der Waals surface area contributed by atoms with Crippen molar-refractivity contribution in [2.45, 2.75) is 32.9 Å². The third-order valence-corrected chi connectivity index (χ3v) is 3.11. The van der Waals surface area contributed by atoms with E-state index in [1.165, 1.54) is 16.7 Å². The lowest BCUT2D eigenvalue weighted by atomic mass is 10.1. The van der Waals surface area contributed by atoms with Gasteiger partial charge in [0.2, 0.25) is 0 Å². The fraction of sp³-hybridized carbons (Fsp3) is 0.294. The van der Waals surface area contributed by atoms with E-state index >= 15 is 0 Å². The van der Waals surface area contributed by atoms with E-state index in [0.717, 1.165) is 13.0 Å². The van der Waals surface area contributed by atoms with Crippen molar-refractivity contribution in [3.05, 3.63) is 71.3 Å². The average molecular weight is 254 g/mol. The molecule has 0 heterocycles. The van der Waals surface area contributed by atoms with Crippen molar-refractivity contribution in [3.8, 4) is 0 Å². The molecule has 2 nitrogen and oxygen atoms in total. The lowest BCUT2D eigenvalue weighted by Crippen LogP contribution is -2.39. The average Bonchev–Trinajstić information content (AvgIpc) is 2.40. The van der Waals surface area contributed by atoms with Crippen LogP contribution in [0.1, 0.15) is 23.6 Å². The summed E-state index contributed by atoms with van der Waals surface area (Å²) in [5.41, 5.74) is 10.6. The van der Waals surface area contributed by atoms with E-state index in [-0.39, 0.29) is 0 Å². The first-order valence-corrected chi connectivity index (χ1v) is 6.82. The molecule has 2 aromatic rings. The van der Waals surface area contributed by atoms with Gasteiger partial charge in [-0.1, -0.05) is 60.2 Å². The molecule has 100 valence electrons. The van der Waals surface area contributed by atoms with Crippen molar-refractivity contribution >= 4 is 0 Å². The van der Waals surface area contributed by atoms with Gasteiger partial charge in [0.05, 0.1) is 0 Å². The van der Waals surface area contributed by atoms with Crippen molar-refractivity contribution in [2.24, 2.45) is 0 Å². The molecule has 0 aromatic heterocycles. The number of rotatable bonds is 6. The zero-order valence-electron chi connectivity index (χ0n) is 11.7. The zero-order valence-corrected chi connectivity index (χ0v) is 11.7. The van der Waals surface area contributed by atoms with Gasteiger partial charge < -0.3 is 0 Å². The van der Waals surface area contributed by atoms with Crippen LogP contribution in [0.15, 0.2) is 54.6 Å². The van der Waals surface area contributed by atoms with Gasteiger partial charge in [0.25, 0.3) is 0 Å². The molecule has 1 atom stereocenters. The molecule has 0 fully saturated rings. The first-order valence-electron chi connectivity index (χ1n) is 6.82. The molecule has 2 rings (SSSR count). The van der Waals surface area contributed by atoms with E-state index in [0.29, 0.717) is 6.04 Å². The predicted octanol–water partition coefficient (Wildman–Crippen LogP) is 3.22. The molecule has 0 aliphatic heterocycles. The lowest BCUT2D eigenvalue weighted by molar-refractivity contribution is 0.446. The molecule has 0 bridgehead atoms. The SMILES string of the molecule is Cc1cccc(CNNC(C)Cc2ccccc2)c1. The molecule has 2 aromatic carbocycles. The molecule has 0 aliphatic carbocycles. The highest BCUT2D eigenvalue weighted by Crippen LogP contribution is 2.04. The van der Waals surface area contributed by atoms with Gasteiger partial charge in [0.1, 0.15) is 0 Å². The van der Waals surface area contributed by atoms with Crippen LogP contribution in [-0.2, 0) is 13.0 Å². The Labute approximate surface area is 115 Å². The first-order chi connectivity index (χ1) is 9.24. The van der Waals surface area contributed by atoms with E-state index < -0.39 is 0 Å². The fourth-order valence-electron chi connectivity index (χ4n) is 2.17. The van der Waals surface area contributed by atoms with E-state index in [1.807, 2.05) is 0 Å². The molecule has 2 N–H and O–H groups in total. The molecule has 19 heavy (non-hydrogen) atoms. The Bertz CT molecular complexity index is 494. The highest BCUT2D eigenvalue weighted by Gasteiger charge is 2.02. The molecule has 0 amide bonds. The van der Waals surface area contributed by atoms with Crippen LogP contribution in [0.3, 0.4) is 0 Å². The summed E-state index contributed by atoms with van der Waals surface area (Å²) in [6.07, 6.45) is 1.03. The van der Waals surface area contributed by atoms with Crippen molar-refractivity contribution < 1.29 is 0 Å². The molecular weight excluding hydrogens is 232 g/mol. The maximum atomic E-state index is 3.35. The second-order valence-electron chi connectivity index (χ2n) is 5.08. The maximum absolute atomic E-state index is 3.35. The third kappa shape index (κ3) is 4.86. The summed E-state index contributed by atoms with van der Waals surface area (Å²) < 4.78 is 0. The lowest BCUT2D eigenvalue weighted by Gasteiger charge is -2.15. The third-order valence-electron chi connectivity index (χ3n) is 3.11. The molecular formula is C17H22N2. The number of hydrogen-bond acceptors (Lipinski definition) is 2. The van der Waals surface area contributed by atoms with Gasteiger partial charge in [0.15, 0.2) is 0 Å². The maximum Gasteiger partial charge on any atom is 0.0351 e. The first kappa shape index (κ1) is 13.8. The van der Waals surface area contributed by atoms with Gasteiger partial charge in [0, 0.05) is 12.6 Å². The normalized spacial score (nSPS) is 12.3. The van der Waals surface area contributed by atoms with Crippen LogP contribution < -0.4 is 10.9 Å². The number of benzene rings is 2. The molecule has 1 unspecified atom stereocenters. The molecule has 0 aliphatic rings. The molecule has 0 saturated carbocycles. The standard InChI is InChI=1S/C17H22N2/c1-14-7-6-10-17(11-14)13-18-19-15(2)12-16-8-4-3-5-9-16/h3-11,15,18-19H,12-13H2,1-2H3. The van der Waals surface area contributed by atoms with Crippen molar-refractivity contribution in [3.63, 3.8) is 0 Å². The summed E-state index contributed by atoms with van der Waals surface area (Å²) in [6, 6.07) is 19.5. The fourth-order valence-corrected chi connectivity index (χ4v) is 2.17. The van der Waals surface area contributed by atoms with Crippen molar-refractivity contribution in [1.82, 2.24) is 10.9 Å². The number of hydrogen-bond donors (Lipinski definition) is 2.